The molecule has 1 saturated carbocycles. The molecule has 3 aliphatic rings. The number of aliphatic hydroxyl groups excluding tert-OH is 2. The number of benzene rings is 1. The van der Waals surface area contributed by atoms with Crippen LogP contribution < -0.4 is 16.0 Å². The molecule has 1 fully saturated rings. The molecule has 206 valence electrons. The molecule has 1 amide bonds. The van der Waals surface area contributed by atoms with Crippen molar-refractivity contribution in [1.29, 1.82) is 0 Å². The molecule has 0 aliphatic heterocycles. The van der Waals surface area contributed by atoms with Crippen molar-refractivity contribution in [3.05, 3.63) is 63.7 Å². The predicted molar refractivity (Wildman–Crippen MR) is 142 cm³/mol. The second-order valence-electron chi connectivity index (χ2n) is 10.8. The number of aliphatic hydroxyl groups is 3. The lowest BCUT2D eigenvalue weighted by Crippen LogP contribution is -2.58. The van der Waals surface area contributed by atoms with Gasteiger partial charge in [0, 0.05) is 75.3 Å². The van der Waals surface area contributed by atoms with Crippen LogP contribution in [0.1, 0.15) is 35.2 Å². The number of nitrogens with zero attached hydrogens (tertiary/aromatic N) is 2. The Morgan fingerprint density at radius 1 is 1.21 bits per heavy atom. The highest BCUT2D eigenvalue weighted by Gasteiger charge is 2.60. The highest BCUT2D eigenvalue weighted by Crippen LogP contribution is 2.53. The molecule has 5 rings (SSSR count). The number of phenolic OH excluding ortho intramolecular Hbond substituents is 1. The van der Waals surface area contributed by atoms with Crippen LogP contribution in [0.3, 0.4) is 0 Å². The fourth-order valence-corrected chi connectivity index (χ4v) is 6.26. The first-order valence-corrected chi connectivity index (χ1v) is 12.7. The van der Waals surface area contributed by atoms with Gasteiger partial charge in [-0.15, -0.1) is 0 Å². The molecular formula is C28H32N4O7. The number of amides is 1. The number of aromatic hydroxyl groups is 1. The summed E-state index contributed by atoms with van der Waals surface area (Å²) in [4.78, 5) is 40.0. The van der Waals surface area contributed by atoms with Crippen molar-refractivity contribution in [2.75, 3.05) is 19.0 Å². The quantitative estimate of drug-likeness (QED) is 0.295. The zero-order valence-electron chi connectivity index (χ0n) is 22.0. The first-order chi connectivity index (χ1) is 18.4. The van der Waals surface area contributed by atoms with E-state index < -0.39 is 52.0 Å². The van der Waals surface area contributed by atoms with E-state index in [-0.39, 0.29) is 42.7 Å². The third-order valence-corrected chi connectivity index (χ3v) is 8.27. The Morgan fingerprint density at radius 2 is 1.92 bits per heavy atom. The Hall–Kier alpha value is -4.09. The van der Waals surface area contributed by atoms with Gasteiger partial charge < -0.3 is 40.9 Å². The number of aromatic nitrogens is 1. The number of aryl methyl sites for hydroxylation is 1. The lowest BCUT2D eigenvalue weighted by atomic mass is 9.59. The Labute approximate surface area is 224 Å². The summed E-state index contributed by atoms with van der Waals surface area (Å²) < 4.78 is 1.97. The number of rotatable bonds is 6. The second-order valence-corrected chi connectivity index (χ2v) is 10.8. The van der Waals surface area contributed by atoms with Crippen molar-refractivity contribution in [2.24, 2.45) is 24.6 Å². The van der Waals surface area contributed by atoms with Crippen LogP contribution in [0.15, 0.2) is 41.3 Å². The number of nitrogens with two attached hydrogens (primary N) is 1. The molecule has 3 aliphatic carbocycles. The van der Waals surface area contributed by atoms with Crippen molar-refractivity contribution in [3.63, 3.8) is 0 Å². The average molecular weight is 537 g/mol. The van der Waals surface area contributed by atoms with Crippen molar-refractivity contribution >= 4 is 28.9 Å². The summed E-state index contributed by atoms with van der Waals surface area (Å²) in [5.74, 6) is -6.34. The molecule has 39 heavy (non-hydrogen) atoms. The molecule has 1 aromatic heterocycles. The number of hydrogen-bond donors (Lipinski definition) is 6. The first-order valence-electron chi connectivity index (χ1n) is 12.7. The summed E-state index contributed by atoms with van der Waals surface area (Å²) in [5.41, 5.74) is 4.72. The summed E-state index contributed by atoms with van der Waals surface area (Å²) in [5, 5.41) is 48.2. The van der Waals surface area contributed by atoms with Crippen molar-refractivity contribution in [3.8, 4) is 5.75 Å². The summed E-state index contributed by atoms with van der Waals surface area (Å²) in [6, 6.07) is 5.74. The summed E-state index contributed by atoms with van der Waals surface area (Å²) in [6.45, 7) is 0.802. The summed E-state index contributed by atoms with van der Waals surface area (Å²) in [6.07, 6.45) is 1.93. The van der Waals surface area contributed by atoms with Gasteiger partial charge in [-0.3, -0.25) is 14.4 Å². The van der Waals surface area contributed by atoms with E-state index in [2.05, 4.69) is 5.32 Å². The van der Waals surface area contributed by atoms with Gasteiger partial charge in [0.05, 0.1) is 5.56 Å². The number of primary amides is 1. The molecule has 1 heterocycles. The lowest BCUT2D eigenvalue weighted by molar-refractivity contribution is -0.147. The topological polar surface area (TPSA) is 178 Å². The molecule has 3 atom stereocenters. The fourth-order valence-electron chi connectivity index (χ4n) is 6.26. The largest absolute Gasteiger partial charge is 0.508 e. The number of fused-ring (bicyclic) bond motifs is 3. The number of hydrogen-bond acceptors (Lipinski definition) is 9. The number of carbonyl (C=O) groups excluding carboxylic acids is 3. The lowest BCUT2D eigenvalue weighted by Gasteiger charge is -2.46. The Kier molecular flexibility index (Phi) is 6.31. The monoisotopic (exact) mass is 536 g/mol. The van der Waals surface area contributed by atoms with Gasteiger partial charge in [-0.2, -0.15) is 0 Å². The third-order valence-electron chi connectivity index (χ3n) is 8.27. The zero-order valence-corrected chi connectivity index (χ0v) is 22.0. The maximum Gasteiger partial charge on any atom is 0.255 e. The van der Waals surface area contributed by atoms with Crippen molar-refractivity contribution in [1.82, 2.24) is 9.88 Å². The van der Waals surface area contributed by atoms with Gasteiger partial charge >= 0.3 is 0 Å². The smallest absolute Gasteiger partial charge is 0.255 e. The van der Waals surface area contributed by atoms with Gasteiger partial charge in [0.25, 0.3) is 5.91 Å². The molecule has 1 aromatic carbocycles. The van der Waals surface area contributed by atoms with Crippen LogP contribution in [-0.2, 0) is 40.9 Å². The normalized spacial score (nSPS) is 24.4. The van der Waals surface area contributed by atoms with Crippen molar-refractivity contribution in [2.45, 2.75) is 38.0 Å². The van der Waals surface area contributed by atoms with Gasteiger partial charge in [-0.25, -0.2) is 0 Å². The molecule has 0 unspecified atom stereocenters. The van der Waals surface area contributed by atoms with E-state index in [1.807, 2.05) is 55.0 Å². The Balaban J connectivity index is 1.59. The van der Waals surface area contributed by atoms with E-state index in [0.29, 0.717) is 17.7 Å². The van der Waals surface area contributed by atoms with E-state index in [9.17, 15) is 34.8 Å². The minimum Gasteiger partial charge on any atom is -0.508 e. The molecule has 0 radical (unpaired) electrons. The number of carbonyl (C=O) groups is 3. The van der Waals surface area contributed by atoms with Crippen LogP contribution in [0, 0.1) is 11.8 Å². The highest BCUT2D eigenvalue weighted by molar-refractivity contribution is 6.22. The second kappa shape index (κ2) is 9.28. The van der Waals surface area contributed by atoms with Crippen LogP contribution in [0.5, 0.6) is 5.75 Å². The number of nitrogens with one attached hydrogen (secondary N) is 1. The molecule has 7 N–H and O–H groups in total. The number of phenols is 1. The van der Waals surface area contributed by atoms with E-state index in [1.165, 1.54) is 0 Å². The molecule has 2 aromatic rings. The SMILES string of the molecule is CN(C)c1cc(CNCc2cccn2C)c(O)c2c1C[C@H]1C[C@H]3CC(=O)C(C(N)=O)=C(O)[C@@]3(O)C(=O)C1=C2O. The van der Waals surface area contributed by atoms with Gasteiger partial charge in [-0.05, 0) is 42.5 Å². The number of Topliss-reactive ketones (excluding diaryl/α,β-unsaturated/α-hetero) is 2. The fraction of sp³-hybridized carbons (Fsp3) is 0.393. The average Bonchev–Trinajstić information content (AvgIpc) is 3.26. The maximum atomic E-state index is 13.7. The van der Waals surface area contributed by atoms with E-state index in [1.54, 1.807) is 0 Å². The van der Waals surface area contributed by atoms with Gasteiger partial charge in [-0.1, -0.05) is 0 Å². The Bertz CT molecular complexity index is 1480. The maximum absolute atomic E-state index is 13.7. The van der Waals surface area contributed by atoms with Crippen molar-refractivity contribution < 1.29 is 34.8 Å². The van der Waals surface area contributed by atoms with Gasteiger partial charge in [0.1, 0.15) is 22.8 Å². The van der Waals surface area contributed by atoms with Gasteiger partial charge in [0.15, 0.2) is 11.4 Å². The standard InChI is InChI=1S/C28H32N4O7/c1-31(2)18-9-14(11-30-12-16-5-4-6-32(16)3)23(34)21-17(18)8-13-7-15-10-19(33)22(27(29)38)26(37)28(15,39)25(36)20(13)24(21)35/h4-6,9,13,15,30,34-35,37,39H,7-8,10-12H2,1-3H3,(H2,29,38)/t13-,15+,28+/m1/s1. The van der Waals surface area contributed by atoms with E-state index in [4.69, 9.17) is 5.73 Å². The van der Waals surface area contributed by atoms with Crippen LogP contribution >= 0.6 is 0 Å². The molecule has 0 spiro atoms. The minimum absolute atomic E-state index is 0.0870. The summed E-state index contributed by atoms with van der Waals surface area (Å²) >= 11 is 0. The summed E-state index contributed by atoms with van der Waals surface area (Å²) in [7, 11) is 5.60. The molecule has 11 nitrogen and oxygen atoms in total. The predicted octanol–water partition coefficient (Wildman–Crippen LogP) is 1.12. The van der Waals surface area contributed by atoms with E-state index in [0.717, 1.165) is 11.4 Å². The molecule has 0 saturated heterocycles. The van der Waals surface area contributed by atoms with E-state index >= 15 is 0 Å². The minimum atomic E-state index is -2.58. The zero-order chi connectivity index (χ0) is 28.4. The van der Waals surface area contributed by atoms with Crippen LogP contribution in [0.25, 0.3) is 5.76 Å². The van der Waals surface area contributed by atoms with Crippen LogP contribution in [-0.4, -0.2) is 62.2 Å². The Morgan fingerprint density at radius 3 is 2.54 bits per heavy atom. The van der Waals surface area contributed by atoms with Crippen LogP contribution in [0.2, 0.25) is 0 Å². The van der Waals surface area contributed by atoms with Gasteiger partial charge in [0.2, 0.25) is 5.78 Å². The molecular weight excluding hydrogens is 504 g/mol. The first kappa shape index (κ1) is 26.5. The van der Waals surface area contributed by atoms with Crippen LogP contribution in [0.4, 0.5) is 5.69 Å². The number of ketones is 2. The molecule has 11 heteroatoms. The third kappa shape index (κ3) is 3.92. The number of anilines is 1. The highest BCUT2D eigenvalue weighted by atomic mass is 16.3. The molecule has 0 bridgehead atoms.